The summed E-state index contributed by atoms with van der Waals surface area (Å²) in [5, 5.41) is 9.85. The third kappa shape index (κ3) is 5.83. The summed E-state index contributed by atoms with van der Waals surface area (Å²) >= 11 is 0. The van der Waals surface area contributed by atoms with Gasteiger partial charge in [0.05, 0.1) is 11.5 Å². The van der Waals surface area contributed by atoms with Crippen molar-refractivity contribution in [2.45, 2.75) is 52.6 Å². The van der Waals surface area contributed by atoms with Crippen molar-refractivity contribution in [3.05, 3.63) is 59.7 Å². The zero-order chi connectivity index (χ0) is 22.4. The van der Waals surface area contributed by atoms with Crippen molar-refractivity contribution in [2.75, 3.05) is 5.32 Å². The third-order valence-corrected chi connectivity index (χ3v) is 4.73. The highest BCUT2D eigenvalue weighted by Crippen LogP contribution is 2.24. The molecule has 0 aromatic heterocycles. The molecule has 1 atom stereocenters. The molecule has 0 saturated carbocycles. The second kappa shape index (κ2) is 9.91. The van der Waals surface area contributed by atoms with Gasteiger partial charge in [0.1, 0.15) is 5.75 Å². The number of nitrogens with one attached hydrogen (secondary N) is 2. The van der Waals surface area contributed by atoms with E-state index in [2.05, 4.69) is 5.32 Å². The predicted molar refractivity (Wildman–Crippen MR) is 119 cm³/mol. The molecule has 0 aliphatic heterocycles. The van der Waals surface area contributed by atoms with Crippen molar-refractivity contribution < 1.29 is 14.3 Å². The maximum atomic E-state index is 12.9. The van der Waals surface area contributed by atoms with Crippen LogP contribution in [0.25, 0.3) is 0 Å². The van der Waals surface area contributed by atoms with Crippen LogP contribution in [-0.4, -0.2) is 34.8 Å². The number of guanidine groups is 1. The quantitative estimate of drug-likeness (QED) is 0.277. The van der Waals surface area contributed by atoms with Gasteiger partial charge in [-0.05, 0) is 76.6 Å². The Kier molecular flexibility index (Phi) is 7.58. The van der Waals surface area contributed by atoms with E-state index < -0.39 is 5.97 Å². The maximum absolute atomic E-state index is 12.9. The summed E-state index contributed by atoms with van der Waals surface area (Å²) in [6.45, 7) is 9.93. The molecule has 0 heterocycles. The largest absolute Gasteiger partial charge is 0.423 e. The Morgan fingerprint density at radius 2 is 1.47 bits per heavy atom. The number of esters is 1. The molecule has 2 aromatic rings. The van der Waals surface area contributed by atoms with Crippen molar-refractivity contribution >= 4 is 23.5 Å². The third-order valence-electron chi connectivity index (χ3n) is 4.73. The minimum Gasteiger partial charge on any atom is -0.423 e. The number of hydrogen-bond donors (Lipinski definition) is 3. The first-order valence-corrected chi connectivity index (χ1v) is 9.95. The van der Waals surface area contributed by atoms with Crippen LogP contribution in [0.5, 0.6) is 5.75 Å². The van der Waals surface area contributed by atoms with Gasteiger partial charge < -0.3 is 20.7 Å². The van der Waals surface area contributed by atoms with Gasteiger partial charge in [-0.3, -0.25) is 10.2 Å². The first kappa shape index (κ1) is 22.9. The van der Waals surface area contributed by atoms with Gasteiger partial charge >= 0.3 is 5.97 Å². The number of anilines is 1. The second-order valence-electron chi connectivity index (χ2n) is 7.73. The first-order valence-electron chi connectivity index (χ1n) is 9.95. The summed E-state index contributed by atoms with van der Waals surface area (Å²) in [7, 11) is 0. The molecule has 0 aliphatic carbocycles. The van der Waals surface area contributed by atoms with Gasteiger partial charge in [-0.2, -0.15) is 0 Å². The average molecular weight is 411 g/mol. The number of nitrogens with zero attached hydrogens (tertiary/aromatic N) is 1. The van der Waals surface area contributed by atoms with Gasteiger partial charge in [0.2, 0.25) is 5.91 Å². The van der Waals surface area contributed by atoms with Gasteiger partial charge in [-0.15, -0.1) is 0 Å². The van der Waals surface area contributed by atoms with Gasteiger partial charge in [-0.1, -0.05) is 12.1 Å². The van der Waals surface area contributed by atoms with Gasteiger partial charge in [0.25, 0.3) is 0 Å². The van der Waals surface area contributed by atoms with Crippen LogP contribution in [0.4, 0.5) is 5.69 Å². The molecule has 0 aliphatic rings. The molecular formula is C23H30N4O3. The molecule has 1 amide bonds. The highest BCUT2D eigenvalue weighted by molar-refractivity contribution is 5.93. The van der Waals surface area contributed by atoms with Crippen LogP contribution in [0.1, 0.15) is 56.5 Å². The standard InChI is InChI=1S/C23H30N4O3/c1-14(2)27(15(3)4)21(28)16(5)17-8-12-20(13-9-17)30-22(29)18-6-10-19(11-7-18)26-23(24)25/h6-16H,1-5H3,(H4,24,25,26). The van der Waals surface area contributed by atoms with Crippen molar-refractivity contribution in [1.82, 2.24) is 4.90 Å². The minimum absolute atomic E-state index is 0.0732. The smallest absolute Gasteiger partial charge is 0.343 e. The van der Waals surface area contributed by atoms with Gasteiger partial charge in [0, 0.05) is 17.8 Å². The number of nitrogens with two attached hydrogens (primary N) is 1. The molecule has 0 bridgehead atoms. The summed E-state index contributed by atoms with van der Waals surface area (Å²) in [4.78, 5) is 27.1. The number of benzene rings is 2. The van der Waals surface area contributed by atoms with Crippen LogP contribution in [0, 0.1) is 5.41 Å². The molecule has 1 unspecified atom stereocenters. The molecule has 7 heteroatoms. The van der Waals surface area contributed by atoms with Gasteiger partial charge in [-0.25, -0.2) is 4.79 Å². The molecule has 2 rings (SSSR count). The topological polar surface area (TPSA) is 109 Å². The van der Waals surface area contributed by atoms with Crippen LogP contribution < -0.4 is 15.8 Å². The van der Waals surface area contributed by atoms with E-state index in [1.165, 1.54) is 0 Å². The Morgan fingerprint density at radius 1 is 0.933 bits per heavy atom. The SMILES string of the molecule is CC(C(=O)N(C(C)C)C(C)C)c1ccc(OC(=O)c2ccc(NC(=N)N)cc2)cc1. The Hall–Kier alpha value is -3.35. The maximum Gasteiger partial charge on any atom is 0.343 e. The lowest BCUT2D eigenvalue weighted by Gasteiger charge is -2.33. The van der Waals surface area contributed by atoms with E-state index in [9.17, 15) is 9.59 Å². The lowest BCUT2D eigenvalue weighted by atomic mass is 9.98. The van der Waals surface area contributed by atoms with E-state index in [-0.39, 0.29) is 29.9 Å². The lowest BCUT2D eigenvalue weighted by Crippen LogP contribution is -2.44. The van der Waals surface area contributed by atoms with E-state index in [0.717, 1.165) is 5.56 Å². The summed E-state index contributed by atoms with van der Waals surface area (Å²) in [5.41, 5.74) is 7.13. The Morgan fingerprint density at radius 3 is 1.93 bits per heavy atom. The fourth-order valence-electron chi connectivity index (χ4n) is 3.31. The van der Waals surface area contributed by atoms with Crippen molar-refractivity contribution in [3.63, 3.8) is 0 Å². The molecule has 160 valence electrons. The average Bonchev–Trinajstić information content (AvgIpc) is 2.67. The Bertz CT molecular complexity index is 882. The summed E-state index contributed by atoms with van der Waals surface area (Å²) in [6, 6.07) is 13.7. The van der Waals surface area contributed by atoms with Gasteiger partial charge in [0.15, 0.2) is 5.96 Å². The number of carbonyl (C=O) groups excluding carboxylic acids is 2. The lowest BCUT2D eigenvalue weighted by molar-refractivity contribution is -0.136. The zero-order valence-electron chi connectivity index (χ0n) is 18.1. The van der Waals surface area contributed by atoms with E-state index >= 15 is 0 Å². The van der Waals surface area contributed by atoms with E-state index in [0.29, 0.717) is 17.0 Å². The van der Waals surface area contributed by atoms with Crippen molar-refractivity contribution in [1.29, 1.82) is 5.41 Å². The number of carbonyl (C=O) groups is 2. The van der Waals surface area contributed by atoms with Crippen molar-refractivity contribution in [2.24, 2.45) is 5.73 Å². The molecule has 0 saturated heterocycles. The number of rotatable bonds is 7. The van der Waals surface area contributed by atoms with Crippen molar-refractivity contribution in [3.8, 4) is 5.75 Å². The second-order valence-corrected chi connectivity index (χ2v) is 7.73. The molecule has 0 spiro atoms. The Balaban J connectivity index is 2.05. The molecule has 4 N–H and O–H groups in total. The minimum atomic E-state index is -0.493. The summed E-state index contributed by atoms with van der Waals surface area (Å²) in [6.07, 6.45) is 0. The monoisotopic (exact) mass is 410 g/mol. The molecular weight excluding hydrogens is 380 g/mol. The summed E-state index contributed by atoms with van der Waals surface area (Å²) in [5.74, 6) is -0.487. The number of ether oxygens (including phenoxy) is 1. The van der Waals surface area contributed by atoms with Crippen LogP contribution >= 0.6 is 0 Å². The zero-order valence-corrected chi connectivity index (χ0v) is 18.1. The fourth-order valence-corrected chi connectivity index (χ4v) is 3.31. The van der Waals surface area contributed by atoms with E-state index in [1.807, 2.05) is 51.7 Å². The normalized spacial score (nSPS) is 11.8. The highest BCUT2D eigenvalue weighted by Gasteiger charge is 2.26. The predicted octanol–water partition coefficient (Wildman–Crippen LogP) is 3.96. The first-order chi connectivity index (χ1) is 14.1. The molecule has 7 nitrogen and oxygen atoms in total. The van der Waals surface area contributed by atoms with E-state index in [4.69, 9.17) is 15.9 Å². The molecule has 2 aromatic carbocycles. The highest BCUT2D eigenvalue weighted by atomic mass is 16.5. The Labute approximate surface area is 177 Å². The molecule has 0 radical (unpaired) electrons. The summed E-state index contributed by atoms with van der Waals surface area (Å²) < 4.78 is 5.42. The molecule has 0 fully saturated rings. The number of amides is 1. The fraction of sp³-hybridized carbons (Fsp3) is 0.348. The van der Waals surface area contributed by atoms with Crippen LogP contribution in [-0.2, 0) is 4.79 Å². The van der Waals surface area contributed by atoms with Crippen LogP contribution in [0.3, 0.4) is 0 Å². The van der Waals surface area contributed by atoms with Crippen LogP contribution in [0.15, 0.2) is 48.5 Å². The number of hydrogen-bond acceptors (Lipinski definition) is 4. The van der Waals surface area contributed by atoms with E-state index in [1.54, 1.807) is 36.4 Å². The molecule has 30 heavy (non-hydrogen) atoms. The van der Waals surface area contributed by atoms with Crippen LogP contribution in [0.2, 0.25) is 0 Å².